The Hall–Kier alpha value is -3.73. The SMILES string of the molecule is Cc1ccc(-n2cc(C(=O)NCc3ccc(F)cc3)c3ccccc3c2=O)cc1C. The van der Waals surface area contributed by atoms with Gasteiger partial charge in [0.05, 0.1) is 5.56 Å². The standard InChI is InChI=1S/C25H21FN2O2/c1-16-7-12-20(13-17(16)2)28-15-23(21-5-3-4-6-22(21)25(28)30)24(29)27-14-18-8-10-19(26)11-9-18/h3-13,15H,14H2,1-2H3,(H,27,29). The highest BCUT2D eigenvalue weighted by Crippen LogP contribution is 2.19. The largest absolute Gasteiger partial charge is 0.348 e. The number of aromatic nitrogens is 1. The summed E-state index contributed by atoms with van der Waals surface area (Å²) in [5.41, 5.74) is 3.92. The van der Waals surface area contributed by atoms with Gasteiger partial charge in [-0.15, -0.1) is 0 Å². The Balaban J connectivity index is 1.77. The van der Waals surface area contributed by atoms with E-state index in [4.69, 9.17) is 0 Å². The lowest BCUT2D eigenvalue weighted by Crippen LogP contribution is -2.27. The lowest BCUT2D eigenvalue weighted by atomic mass is 10.1. The van der Waals surface area contributed by atoms with E-state index in [2.05, 4.69) is 5.32 Å². The molecule has 0 bridgehead atoms. The summed E-state index contributed by atoms with van der Waals surface area (Å²) >= 11 is 0. The lowest BCUT2D eigenvalue weighted by Gasteiger charge is -2.14. The number of carbonyl (C=O) groups is 1. The fraction of sp³-hybridized carbons (Fsp3) is 0.120. The number of pyridine rings is 1. The third-order valence-electron chi connectivity index (χ3n) is 5.30. The summed E-state index contributed by atoms with van der Waals surface area (Å²) in [5.74, 6) is -0.621. The summed E-state index contributed by atoms with van der Waals surface area (Å²) in [4.78, 5) is 26.1. The third kappa shape index (κ3) is 3.74. The van der Waals surface area contributed by atoms with Crippen LogP contribution in [0.25, 0.3) is 16.5 Å². The zero-order valence-corrected chi connectivity index (χ0v) is 16.8. The number of carbonyl (C=O) groups excluding carboxylic acids is 1. The van der Waals surface area contributed by atoms with Crippen molar-refractivity contribution in [1.29, 1.82) is 0 Å². The zero-order chi connectivity index (χ0) is 21.3. The maximum atomic E-state index is 13.1. The van der Waals surface area contributed by atoms with Gasteiger partial charge in [-0.2, -0.15) is 0 Å². The topological polar surface area (TPSA) is 51.1 Å². The summed E-state index contributed by atoms with van der Waals surface area (Å²) < 4.78 is 14.6. The number of amides is 1. The molecule has 0 saturated heterocycles. The molecule has 1 amide bonds. The second kappa shape index (κ2) is 7.95. The highest BCUT2D eigenvalue weighted by molar-refractivity contribution is 6.06. The molecule has 0 fully saturated rings. The van der Waals surface area contributed by atoms with Gasteiger partial charge in [0.25, 0.3) is 11.5 Å². The number of nitrogens with zero attached hydrogens (tertiary/aromatic N) is 1. The van der Waals surface area contributed by atoms with Crippen molar-refractivity contribution in [3.63, 3.8) is 0 Å². The van der Waals surface area contributed by atoms with Gasteiger partial charge in [0, 0.05) is 29.2 Å². The Morgan fingerprint density at radius 1 is 0.933 bits per heavy atom. The highest BCUT2D eigenvalue weighted by atomic mass is 19.1. The average molecular weight is 400 g/mol. The van der Waals surface area contributed by atoms with Gasteiger partial charge in [-0.25, -0.2) is 4.39 Å². The quantitative estimate of drug-likeness (QED) is 0.541. The van der Waals surface area contributed by atoms with Crippen molar-refractivity contribution >= 4 is 16.7 Å². The van der Waals surface area contributed by atoms with E-state index in [0.29, 0.717) is 22.0 Å². The van der Waals surface area contributed by atoms with Crippen LogP contribution in [0, 0.1) is 19.7 Å². The van der Waals surface area contributed by atoms with E-state index in [9.17, 15) is 14.0 Å². The summed E-state index contributed by atoms with van der Waals surface area (Å²) in [6, 6.07) is 18.8. The van der Waals surface area contributed by atoms with Crippen molar-refractivity contribution in [2.45, 2.75) is 20.4 Å². The van der Waals surface area contributed by atoms with Crippen LogP contribution in [0.4, 0.5) is 4.39 Å². The van der Waals surface area contributed by atoms with Gasteiger partial charge in [0.1, 0.15) is 5.82 Å². The number of hydrogen-bond donors (Lipinski definition) is 1. The summed E-state index contributed by atoms with van der Waals surface area (Å²) in [6.45, 7) is 4.26. The molecular formula is C25H21FN2O2. The van der Waals surface area contributed by atoms with Gasteiger partial charge < -0.3 is 5.32 Å². The fourth-order valence-electron chi connectivity index (χ4n) is 3.42. The van der Waals surface area contributed by atoms with Crippen molar-refractivity contribution in [3.05, 3.63) is 111 Å². The van der Waals surface area contributed by atoms with Crippen molar-refractivity contribution in [2.75, 3.05) is 0 Å². The van der Waals surface area contributed by atoms with Gasteiger partial charge in [-0.1, -0.05) is 36.4 Å². The Morgan fingerprint density at radius 3 is 2.33 bits per heavy atom. The normalized spacial score (nSPS) is 10.9. The van der Waals surface area contributed by atoms with Crippen LogP contribution in [0.2, 0.25) is 0 Å². The van der Waals surface area contributed by atoms with E-state index < -0.39 is 0 Å². The van der Waals surface area contributed by atoms with Crippen LogP contribution in [0.1, 0.15) is 27.0 Å². The van der Waals surface area contributed by atoms with Crippen LogP contribution < -0.4 is 10.9 Å². The van der Waals surface area contributed by atoms with Crippen LogP contribution in [0.15, 0.2) is 77.7 Å². The molecule has 0 aliphatic heterocycles. The number of hydrogen-bond acceptors (Lipinski definition) is 2. The van der Waals surface area contributed by atoms with E-state index in [1.54, 1.807) is 42.6 Å². The van der Waals surface area contributed by atoms with Gasteiger partial charge in [0.2, 0.25) is 0 Å². The molecule has 1 heterocycles. The van der Waals surface area contributed by atoms with E-state index in [1.165, 1.54) is 16.7 Å². The van der Waals surface area contributed by atoms with E-state index in [-0.39, 0.29) is 23.8 Å². The Bertz CT molecular complexity index is 1310. The average Bonchev–Trinajstić information content (AvgIpc) is 2.75. The number of benzene rings is 3. The molecule has 4 aromatic rings. The Morgan fingerprint density at radius 2 is 1.63 bits per heavy atom. The molecule has 0 radical (unpaired) electrons. The van der Waals surface area contributed by atoms with Gasteiger partial charge >= 0.3 is 0 Å². The van der Waals surface area contributed by atoms with Crippen LogP contribution >= 0.6 is 0 Å². The Kier molecular flexibility index (Phi) is 5.19. The smallest absolute Gasteiger partial charge is 0.262 e. The minimum atomic E-state index is -0.323. The van der Waals surface area contributed by atoms with E-state index in [1.807, 2.05) is 32.0 Å². The van der Waals surface area contributed by atoms with Crippen molar-refractivity contribution in [3.8, 4) is 5.69 Å². The fourth-order valence-corrected chi connectivity index (χ4v) is 3.42. The Labute approximate surface area is 173 Å². The molecule has 0 aliphatic carbocycles. The summed E-state index contributed by atoms with van der Waals surface area (Å²) in [7, 11) is 0. The number of rotatable bonds is 4. The minimum Gasteiger partial charge on any atom is -0.348 e. The van der Waals surface area contributed by atoms with E-state index in [0.717, 1.165) is 16.7 Å². The van der Waals surface area contributed by atoms with Crippen molar-refractivity contribution in [2.24, 2.45) is 0 Å². The maximum Gasteiger partial charge on any atom is 0.262 e. The highest BCUT2D eigenvalue weighted by Gasteiger charge is 2.15. The summed E-state index contributed by atoms with van der Waals surface area (Å²) in [5, 5.41) is 3.94. The number of nitrogens with one attached hydrogen (secondary N) is 1. The molecule has 3 aromatic carbocycles. The maximum absolute atomic E-state index is 13.1. The van der Waals surface area contributed by atoms with Crippen LogP contribution in [-0.2, 0) is 6.54 Å². The molecule has 0 unspecified atom stereocenters. The molecule has 1 aromatic heterocycles. The van der Waals surface area contributed by atoms with Crippen LogP contribution in [0.3, 0.4) is 0 Å². The molecule has 0 saturated carbocycles. The minimum absolute atomic E-state index is 0.177. The molecule has 1 N–H and O–H groups in total. The molecule has 5 heteroatoms. The monoisotopic (exact) mass is 400 g/mol. The number of halogens is 1. The lowest BCUT2D eigenvalue weighted by molar-refractivity contribution is 0.0952. The second-order valence-corrected chi connectivity index (χ2v) is 7.34. The van der Waals surface area contributed by atoms with Crippen molar-refractivity contribution in [1.82, 2.24) is 9.88 Å². The predicted molar refractivity (Wildman–Crippen MR) is 117 cm³/mol. The predicted octanol–water partition coefficient (Wildman–Crippen LogP) is 4.68. The first-order valence-corrected chi connectivity index (χ1v) is 9.69. The first-order valence-electron chi connectivity index (χ1n) is 9.69. The van der Waals surface area contributed by atoms with Gasteiger partial charge in [0.15, 0.2) is 0 Å². The molecule has 0 atom stereocenters. The zero-order valence-electron chi connectivity index (χ0n) is 16.8. The third-order valence-corrected chi connectivity index (χ3v) is 5.30. The number of fused-ring (bicyclic) bond motifs is 1. The van der Waals surface area contributed by atoms with E-state index >= 15 is 0 Å². The first-order chi connectivity index (χ1) is 14.4. The van der Waals surface area contributed by atoms with Crippen LogP contribution in [0.5, 0.6) is 0 Å². The van der Waals surface area contributed by atoms with Crippen molar-refractivity contribution < 1.29 is 9.18 Å². The molecule has 150 valence electrons. The van der Waals surface area contributed by atoms with Gasteiger partial charge in [-0.3, -0.25) is 14.2 Å². The molecule has 0 aliphatic rings. The molecule has 4 rings (SSSR count). The second-order valence-electron chi connectivity index (χ2n) is 7.34. The molecule has 0 spiro atoms. The molecular weight excluding hydrogens is 379 g/mol. The van der Waals surface area contributed by atoms with Crippen LogP contribution in [-0.4, -0.2) is 10.5 Å². The first kappa shape index (κ1) is 19.6. The molecule has 4 nitrogen and oxygen atoms in total. The summed E-state index contributed by atoms with van der Waals surface area (Å²) in [6.07, 6.45) is 1.59. The molecule has 30 heavy (non-hydrogen) atoms. The van der Waals surface area contributed by atoms with Gasteiger partial charge in [-0.05, 0) is 60.9 Å². The number of aryl methyl sites for hydroxylation is 2.